The van der Waals surface area contributed by atoms with Crippen molar-refractivity contribution in [1.29, 1.82) is 0 Å². The van der Waals surface area contributed by atoms with Crippen LogP contribution in [0.1, 0.15) is 77.5 Å². The van der Waals surface area contributed by atoms with E-state index in [9.17, 15) is 0 Å². The molecule has 1 fully saturated rings. The van der Waals surface area contributed by atoms with Gasteiger partial charge in [-0.3, -0.25) is 0 Å². The van der Waals surface area contributed by atoms with Crippen LogP contribution in [0.5, 0.6) is 0 Å². The van der Waals surface area contributed by atoms with Crippen LogP contribution in [0.4, 0.5) is 5.69 Å². The van der Waals surface area contributed by atoms with Crippen molar-refractivity contribution in [2.45, 2.75) is 77.2 Å². The first-order chi connectivity index (χ1) is 15.5. The normalized spacial score (nSPS) is 18.1. The van der Waals surface area contributed by atoms with Crippen LogP contribution in [0.3, 0.4) is 0 Å². The summed E-state index contributed by atoms with van der Waals surface area (Å²) < 4.78 is 0. The lowest BCUT2D eigenvalue weighted by molar-refractivity contribution is -0.0521. The Bertz CT molecular complexity index is 1020. The van der Waals surface area contributed by atoms with E-state index in [-0.39, 0.29) is 16.4 Å². The van der Waals surface area contributed by atoms with Crippen LogP contribution in [-0.2, 0) is 15.7 Å². The molecule has 176 valence electrons. The maximum absolute atomic E-state index is 6.03. The van der Waals surface area contributed by atoms with Gasteiger partial charge < -0.3 is 15.1 Å². The summed E-state index contributed by atoms with van der Waals surface area (Å²) in [7, 11) is 0. The van der Waals surface area contributed by atoms with Gasteiger partial charge in [0.2, 0.25) is 0 Å². The predicted molar refractivity (Wildman–Crippen MR) is 142 cm³/mol. The van der Waals surface area contributed by atoms with Gasteiger partial charge in [-0.2, -0.15) is 0 Å². The second-order valence-electron chi connectivity index (χ2n) is 11.6. The monoisotopic (exact) mass is 463 g/mol. The Morgan fingerprint density at radius 1 is 0.879 bits per heavy atom. The number of hydrogen-bond donors (Lipinski definition) is 1. The van der Waals surface area contributed by atoms with Gasteiger partial charge in [0.25, 0.3) is 0 Å². The standard InChI is InChI=1S/C28H37N3OS/c1-26(2,3)21-9-7-20(8-10-21)24-19-28(32-30-24)15-17-31(18-16-28)25(33)29-23-13-11-22(12-14-23)27(4,5)6/h7-14H,15-19H2,1-6H3,(H,29,33). The molecule has 2 heterocycles. The molecule has 2 aliphatic rings. The minimum Gasteiger partial charge on any atom is -0.388 e. The third-order valence-electron chi connectivity index (χ3n) is 6.89. The Labute approximate surface area is 204 Å². The summed E-state index contributed by atoms with van der Waals surface area (Å²) in [4.78, 5) is 8.28. The topological polar surface area (TPSA) is 36.9 Å². The van der Waals surface area contributed by atoms with Crippen molar-refractivity contribution >= 4 is 28.7 Å². The molecule has 0 amide bonds. The van der Waals surface area contributed by atoms with Gasteiger partial charge in [-0.15, -0.1) is 0 Å². The molecule has 2 aromatic carbocycles. The van der Waals surface area contributed by atoms with Crippen molar-refractivity contribution in [3.05, 3.63) is 65.2 Å². The number of oxime groups is 1. The zero-order valence-electron chi connectivity index (χ0n) is 20.9. The fourth-order valence-electron chi connectivity index (χ4n) is 4.48. The largest absolute Gasteiger partial charge is 0.388 e. The van der Waals surface area contributed by atoms with E-state index >= 15 is 0 Å². The molecule has 0 bridgehead atoms. The fraction of sp³-hybridized carbons (Fsp3) is 0.500. The summed E-state index contributed by atoms with van der Waals surface area (Å²) in [5, 5.41) is 8.68. The van der Waals surface area contributed by atoms with Gasteiger partial charge in [0.1, 0.15) is 5.60 Å². The summed E-state index contributed by atoms with van der Waals surface area (Å²) in [5.74, 6) is 0. The van der Waals surface area contributed by atoms with Gasteiger partial charge in [0.15, 0.2) is 5.11 Å². The first-order valence-electron chi connectivity index (χ1n) is 12.0. The van der Waals surface area contributed by atoms with Gasteiger partial charge in [-0.1, -0.05) is 83.1 Å². The second kappa shape index (κ2) is 8.75. The lowest BCUT2D eigenvalue weighted by Gasteiger charge is -2.38. The van der Waals surface area contributed by atoms with Crippen LogP contribution >= 0.6 is 12.2 Å². The van der Waals surface area contributed by atoms with E-state index in [1.54, 1.807) is 0 Å². The first kappa shape index (κ1) is 23.7. The molecule has 1 spiro atoms. The van der Waals surface area contributed by atoms with E-state index < -0.39 is 0 Å². The van der Waals surface area contributed by atoms with Crippen molar-refractivity contribution in [3.8, 4) is 0 Å². The molecule has 0 atom stereocenters. The van der Waals surface area contributed by atoms with Crippen LogP contribution < -0.4 is 5.32 Å². The van der Waals surface area contributed by atoms with E-state index in [2.05, 4.69) is 105 Å². The highest BCUT2D eigenvalue weighted by Crippen LogP contribution is 2.36. The zero-order valence-corrected chi connectivity index (χ0v) is 21.7. The van der Waals surface area contributed by atoms with Crippen LogP contribution in [0.25, 0.3) is 0 Å². The highest BCUT2D eigenvalue weighted by molar-refractivity contribution is 7.80. The third-order valence-corrected chi connectivity index (χ3v) is 7.25. The zero-order chi connectivity index (χ0) is 23.9. The third kappa shape index (κ3) is 5.40. The van der Waals surface area contributed by atoms with Crippen LogP contribution in [0.15, 0.2) is 53.7 Å². The van der Waals surface area contributed by atoms with Crippen molar-refractivity contribution in [2.24, 2.45) is 5.16 Å². The van der Waals surface area contributed by atoms with Gasteiger partial charge in [0.05, 0.1) is 5.71 Å². The highest BCUT2D eigenvalue weighted by atomic mass is 32.1. The molecular weight excluding hydrogens is 426 g/mol. The predicted octanol–water partition coefficient (Wildman–Crippen LogP) is 6.64. The molecule has 0 unspecified atom stereocenters. The van der Waals surface area contributed by atoms with E-state index in [0.29, 0.717) is 0 Å². The number of nitrogens with zero attached hydrogens (tertiary/aromatic N) is 2. The van der Waals surface area contributed by atoms with Crippen molar-refractivity contribution in [3.63, 3.8) is 0 Å². The quantitative estimate of drug-likeness (QED) is 0.507. The molecule has 1 saturated heterocycles. The van der Waals surface area contributed by atoms with E-state index in [0.717, 1.165) is 54.4 Å². The lowest BCUT2D eigenvalue weighted by atomic mass is 9.84. The van der Waals surface area contributed by atoms with E-state index in [1.807, 2.05) is 0 Å². The number of anilines is 1. The number of hydrogen-bond acceptors (Lipinski definition) is 3. The number of piperidine rings is 1. The molecule has 4 nitrogen and oxygen atoms in total. The SMILES string of the molecule is CC(C)(C)c1ccc(NC(=S)N2CCC3(CC2)CC(c2ccc(C(C)(C)C)cc2)=NO3)cc1. The highest BCUT2D eigenvalue weighted by Gasteiger charge is 2.42. The molecule has 0 aliphatic carbocycles. The first-order valence-corrected chi connectivity index (χ1v) is 12.4. The molecule has 5 heteroatoms. The molecule has 2 aliphatic heterocycles. The minimum atomic E-state index is -0.196. The molecule has 0 aromatic heterocycles. The van der Waals surface area contributed by atoms with E-state index in [1.165, 1.54) is 11.1 Å². The Balaban J connectivity index is 1.31. The number of rotatable bonds is 2. The fourth-order valence-corrected chi connectivity index (χ4v) is 4.78. The number of thiocarbonyl (C=S) groups is 1. The Morgan fingerprint density at radius 3 is 1.91 bits per heavy atom. The minimum absolute atomic E-state index is 0.150. The van der Waals surface area contributed by atoms with Gasteiger partial charge in [-0.25, -0.2) is 0 Å². The summed E-state index contributed by atoms with van der Waals surface area (Å²) in [6.07, 6.45) is 2.71. The number of nitrogens with one attached hydrogen (secondary N) is 1. The average Bonchev–Trinajstić information content (AvgIpc) is 3.17. The summed E-state index contributed by atoms with van der Waals surface area (Å²) in [5.41, 5.74) is 6.03. The molecular formula is C28H37N3OS. The molecule has 2 aromatic rings. The number of benzene rings is 2. The molecule has 0 radical (unpaired) electrons. The second-order valence-corrected chi connectivity index (χ2v) is 11.9. The lowest BCUT2D eigenvalue weighted by Crippen LogP contribution is -2.48. The van der Waals surface area contributed by atoms with Crippen molar-refractivity contribution < 1.29 is 4.84 Å². The van der Waals surface area contributed by atoms with Crippen LogP contribution in [-0.4, -0.2) is 34.4 Å². The molecule has 0 saturated carbocycles. The van der Waals surface area contributed by atoms with Crippen molar-refractivity contribution in [1.82, 2.24) is 4.90 Å². The summed E-state index contributed by atoms with van der Waals surface area (Å²) in [6, 6.07) is 17.4. The summed E-state index contributed by atoms with van der Waals surface area (Å²) >= 11 is 5.71. The van der Waals surface area contributed by atoms with Crippen molar-refractivity contribution in [2.75, 3.05) is 18.4 Å². The Morgan fingerprint density at radius 2 is 1.39 bits per heavy atom. The Hall–Kier alpha value is -2.40. The summed E-state index contributed by atoms with van der Waals surface area (Å²) in [6.45, 7) is 15.1. The smallest absolute Gasteiger partial charge is 0.173 e. The van der Waals surface area contributed by atoms with Gasteiger partial charge in [-0.05, 0) is 51.9 Å². The van der Waals surface area contributed by atoms with Crippen LogP contribution in [0, 0.1) is 0 Å². The molecule has 1 N–H and O–H groups in total. The maximum atomic E-state index is 6.03. The van der Waals surface area contributed by atoms with Crippen LogP contribution in [0.2, 0.25) is 0 Å². The van der Waals surface area contributed by atoms with Gasteiger partial charge >= 0.3 is 0 Å². The molecule has 4 rings (SSSR count). The number of likely N-dealkylation sites (tertiary alicyclic amines) is 1. The molecule has 33 heavy (non-hydrogen) atoms. The Kier molecular flexibility index (Phi) is 6.30. The van der Waals surface area contributed by atoms with Gasteiger partial charge in [0, 0.05) is 38.0 Å². The van der Waals surface area contributed by atoms with E-state index in [4.69, 9.17) is 17.1 Å². The maximum Gasteiger partial charge on any atom is 0.173 e. The average molecular weight is 464 g/mol.